The monoisotopic (exact) mass is 266 g/mol. The number of rotatable bonds is 6. The Morgan fingerprint density at radius 3 is 3.17 bits per heavy atom. The zero-order chi connectivity index (χ0) is 12.8. The summed E-state index contributed by atoms with van der Waals surface area (Å²) in [5.41, 5.74) is 0. The van der Waals surface area contributed by atoms with Crippen molar-refractivity contribution in [3.05, 3.63) is 23.4 Å². The molecule has 0 spiro atoms. The summed E-state index contributed by atoms with van der Waals surface area (Å²) in [6.45, 7) is 2.42. The number of carbonyl (C=O) groups is 1. The summed E-state index contributed by atoms with van der Waals surface area (Å²) in [7, 11) is 0. The molecular weight excluding hydrogens is 252 g/mol. The van der Waals surface area contributed by atoms with E-state index in [0.717, 1.165) is 11.3 Å². The van der Waals surface area contributed by atoms with Crippen LogP contribution in [0.25, 0.3) is 10.7 Å². The average molecular weight is 266 g/mol. The van der Waals surface area contributed by atoms with Crippen LogP contribution in [0.3, 0.4) is 0 Å². The molecular formula is C12H14N2O3S. The molecule has 0 fully saturated rings. The first-order valence-electron chi connectivity index (χ1n) is 5.81. The fourth-order valence-electron chi connectivity index (χ4n) is 1.36. The first-order chi connectivity index (χ1) is 8.79. The van der Waals surface area contributed by atoms with Crippen molar-refractivity contribution in [1.29, 1.82) is 0 Å². The lowest BCUT2D eigenvalue weighted by Crippen LogP contribution is -2.06. The lowest BCUT2D eigenvalue weighted by Gasteiger charge is -2.00. The second-order valence-corrected chi connectivity index (χ2v) is 4.66. The normalized spacial score (nSPS) is 10.5. The summed E-state index contributed by atoms with van der Waals surface area (Å²) >= 11 is 1.55. The molecule has 0 aliphatic rings. The number of hydrogen-bond acceptors (Lipinski definition) is 6. The molecule has 0 saturated heterocycles. The van der Waals surface area contributed by atoms with Crippen molar-refractivity contribution in [1.82, 2.24) is 10.1 Å². The second-order valence-electron chi connectivity index (χ2n) is 3.71. The highest BCUT2D eigenvalue weighted by atomic mass is 32.1. The number of thiophene rings is 1. The number of nitrogens with zero attached hydrogens (tertiary/aromatic N) is 2. The van der Waals surface area contributed by atoms with E-state index in [4.69, 9.17) is 9.26 Å². The molecule has 5 nitrogen and oxygen atoms in total. The van der Waals surface area contributed by atoms with Crippen molar-refractivity contribution in [2.45, 2.75) is 26.2 Å². The minimum Gasteiger partial charge on any atom is -0.466 e. The van der Waals surface area contributed by atoms with Crippen LogP contribution in [-0.2, 0) is 16.0 Å². The van der Waals surface area contributed by atoms with Gasteiger partial charge in [0, 0.05) is 6.42 Å². The summed E-state index contributed by atoms with van der Waals surface area (Å²) < 4.78 is 10.0. The molecule has 0 N–H and O–H groups in total. The Kier molecular flexibility index (Phi) is 4.46. The van der Waals surface area contributed by atoms with Gasteiger partial charge < -0.3 is 9.26 Å². The molecule has 6 heteroatoms. The third-order valence-electron chi connectivity index (χ3n) is 2.22. The number of carbonyl (C=O) groups excluding carboxylic acids is 1. The quantitative estimate of drug-likeness (QED) is 0.752. The Labute approximate surface area is 109 Å². The topological polar surface area (TPSA) is 65.2 Å². The maximum atomic E-state index is 11.3. The van der Waals surface area contributed by atoms with Crippen molar-refractivity contribution in [2.75, 3.05) is 6.61 Å². The van der Waals surface area contributed by atoms with E-state index in [1.54, 1.807) is 11.3 Å². The fraction of sp³-hybridized carbons (Fsp3) is 0.417. The third-order valence-corrected chi connectivity index (χ3v) is 3.09. The highest BCUT2D eigenvalue weighted by Gasteiger charge is 2.11. The Morgan fingerprint density at radius 2 is 2.44 bits per heavy atom. The first kappa shape index (κ1) is 12.8. The van der Waals surface area contributed by atoms with Gasteiger partial charge in [-0.05, 0) is 17.9 Å². The number of ether oxygens (including phenoxy) is 1. The molecule has 18 heavy (non-hydrogen) atoms. The van der Waals surface area contributed by atoms with Crippen molar-refractivity contribution < 1.29 is 14.1 Å². The van der Waals surface area contributed by atoms with Crippen LogP contribution in [0.2, 0.25) is 0 Å². The van der Waals surface area contributed by atoms with Crippen LogP contribution in [0.5, 0.6) is 0 Å². The largest absolute Gasteiger partial charge is 0.466 e. The van der Waals surface area contributed by atoms with Gasteiger partial charge in [-0.25, -0.2) is 0 Å². The van der Waals surface area contributed by atoms with Gasteiger partial charge in [0.05, 0.1) is 17.9 Å². The van der Waals surface area contributed by atoms with E-state index in [1.807, 2.05) is 24.4 Å². The minimum absolute atomic E-state index is 0.229. The van der Waals surface area contributed by atoms with E-state index in [0.29, 0.717) is 24.7 Å². The lowest BCUT2D eigenvalue weighted by molar-refractivity contribution is -0.143. The van der Waals surface area contributed by atoms with Crippen LogP contribution in [0.15, 0.2) is 22.0 Å². The van der Waals surface area contributed by atoms with Crippen LogP contribution in [0.1, 0.15) is 25.7 Å². The number of esters is 1. The summed E-state index contributed by atoms with van der Waals surface area (Å²) in [6.07, 6.45) is 1.52. The molecule has 0 aliphatic heterocycles. The van der Waals surface area contributed by atoms with Gasteiger partial charge in [0.1, 0.15) is 0 Å². The van der Waals surface area contributed by atoms with Crippen molar-refractivity contribution in [3.63, 3.8) is 0 Å². The highest BCUT2D eigenvalue weighted by Crippen LogP contribution is 2.21. The standard InChI is InChI=1S/C12H14N2O3S/c1-2-7-16-11(15)6-5-10-13-12(14-17-10)9-4-3-8-18-9/h3-4,8H,2,5-7H2,1H3. The van der Waals surface area contributed by atoms with Crippen LogP contribution in [-0.4, -0.2) is 22.7 Å². The lowest BCUT2D eigenvalue weighted by atomic mass is 10.3. The van der Waals surface area contributed by atoms with Gasteiger partial charge >= 0.3 is 5.97 Å². The van der Waals surface area contributed by atoms with E-state index >= 15 is 0 Å². The first-order valence-corrected chi connectivity index (χ1v) is 6.69. The molecule has 0 bridgehead atoms. The molecule has 0 amide bonds. The summed E-state index contributed by atoms with van der Waals surface area (Å²) in [4.78, 5) is 16.5. The SMILES string of the molecule is CCCOC(=O)CCc1nc(-c2cccs2)no1. The van der Waals surface area contributed by atoms with Crippen LogP contribution in [0, 0.1) is 0 Å². The third kappa shape index (κ3) is 3.40. The predicted octanol–water partition coefficient (Wildman–Crippen LogP) is 2.68. The zero-order valence-electron chi connectivity index (χ0n) is 10.1. The van der Waals surface area contributed by atoms with Crippen LogP contribution < -0.4 is 0 Å². The summed E-state index contributed by atoms with van der Waals surface area (Å²) in [6, 6.07) is 3.85. The molecule has 0 radical (unpaired) electrons. The van der Waals surface area contributed by atoms with E-state index in [9.17, 15) is 4.79 Å². The molecule has 0 atom stereocenters. The molecule has 0 aromatic carbocycles. The smallest absolute Gasteiger partial charge is 0.306 e. The molecule has 2 heterocycles. The Balaban J connectivity index is 1.86. The van der Waals surface area contributed by atoms with Gasteiger partial charge in [0.2, 0.25) is 11.7 Å². The van der Waals surface area contributed by atoms with Crippen molar-refractivity contribution >= 4 is 17.3 Å². The Morgan fingerprint density at radius 1 is 1.56 bits per heavy atom. The average Bonchev–Trinajstić information content (AvgIpc) is 3.03. The number of aryl methyl sites for hydroxylation is 1. The minimum atomic E-state index is -0.229. The van der Waals surface area contributed by atoms with Gasteiger partial charge in [-0.2, -0.15) is 4.98 Å². The number of aromatic nitrogens is 2. The van der Waals surface area contributed by atoms with E-state index in [-0.39, 0.29) is 12.4 Å². The van der Waals surface area contributed by atoms with Crippen molar-refractivity contribution in [3.8, 4) is 10.7 Å². The molecule has 2 aromatic rings. The van der Waals surface area contributed by atoms with Gasteiger partial charge in [-0.1, -0.05) is 18.1 Å². The second kappa shape index (κ2) is 6.30. The Bertz CT molecular complexity index is 493. The van der Waals surface area contributed by atoms with Gasteiger partial charge in [0.15, 0.2) is 0 Å². The molecule has 2 aromatic heterocycles. The zero-order valence-corrected chi connectivity index (χ0v) is 10.9. The number of hydrogen-bond donors (Lipinski definition) is 0. The van der Waals surface area contributed by atoms with Crippen LogP contribution in [0.4, 0.5) is 0 Å². The van der Waals surface area contributed by atoms with Crippen molar-refractivity contribution in [2.24, 2.45) is 0 Å². The highest BCUT2D eigenvalue weighted by molar-refractivity contribution is 7.13. The fourth-order valence-corrected chi connectivity index (χ4v) is 2.01. The summed E-state index contributed by atoms with van der Waals surface area (Å²) in [5, 5.41) is 5.82. The summed E-state index contributed by atoms with van der Waals surface area (Å²) in [5.74, 6) is 0.807. The molecule has 0 saturated carbocycles. The van der Waals surface area contributed by atoms with E-state index in [1.165, 1.54) is 0 Å². The molecule has 96 valence electrons. The molecule has 0 aliphatic carbocycles. The molecule has 0 unspecified atom stereocenters. The van der Waals surface area contributed by atoms with Crippen LogP contribution >= 0.6 is 11.3 Å². The molecule has 2 rings (SSSR count). The van der Waals surface area contributed by atoms with E-state index < -0.39 is 0 Å². The van der Waals surface area contributed by atoms with Gasteiger partial charge in [-0.15, -0.1) is 11.3 Å². The van der Waals surface area contributed by atoms with Gasteiger partial charge in [0.25, 0.3) is 0 Å². The van der Waals surface area contributed by atoms with Gasteiger partial charge in [-0.3, -0.25) is 4.79 Å². The maximum absolute atomic E-state index is 11.3. The van der Waals surface area contributed by atoms with E-state index in [2.05, 4.69) is 10.1 Å². The Hall–Kier alpha value is -1.69. The maximum Gasteiger partial charge on any atom is 0.306 e. The predicted molar refractivity (Wildman–Crippen MR) is 67.2 cm³/mol.